The van der Waals surface area contributed by atoms with E-state index in [1.807, 2.05) is 27.2 Å². The van der Waals surface area contributed by atoms with Gasteiger partial charge < -0.3 is 19.8 Å². The predicted octanol–water partition coefficient (Wildman–Crippen LogP) is 17.2. The molecule has 3 N–H and O–H groups in total. The normalized spacial score (nSPS) is 14.3. The van der Waals surface area contributed by atoms with Crippen molar-refractivity contribution in [3.05, 3.63) is 48.6 Å². The van der Waals surface area contributed by atoms with Crippen LogP contribution in [0.1, 0.15) is 264 Å². The Balaban J connectivity index is 3.72. The van der Waals surface area contributed by atoms with Crippen LogP contribution in [0.15, 0.2) is 48.6 Å². The van der Waals surface area contributed by atoms with Gasteiger partial charge in [0.1, 0.15) is 13.2 Å². The monoisotopic (exact) mass is 964 g/mol. The summed E-state index contributed by atoms with van der Waals surface area (Å²) in [5.41, 5.74) is 0. The van der Waals surface area contributed by atoms with Crippen LogP contribution in [0.2, 0.25) is 0 Å². The van der Waals surface area contributed by atoms with E-state index in [9.17, 15) is 19.4 Å². The maximum Gasteiger partial charge on any atom is 0.472 e. The zero-order valence-electron chi connectivity index (χ0n) is 44.9. The number of aliphatic hydroxyl groups excluding tert-OH is 1. The van der Waals surface area contributed by atoms with Gasteiger partial charge in [-0.1, -0.05) is 249 Å². The second-order valence-electron chi connectivity index (χ2n) is 20.7. The van der Waals surface area contributed by atoms with Crippen molar-refractivity contribution in [2.75, 3.05) is 40.9 Å². The fraction of sp³-hybridized carbons (Fsp3) is 0.845. The van der Waals surface area contributed by atoms with Crippen LogP contribution in [0, 0.1) is 0 Å². The van der Waals surface area contributed by atoms with Crippen LogP contribution >= 0.6 is 7.82 Å². The minimum atomic E-state index is -4.33. The molecule has 0 aromatic rings. The van der Waals surface area contributed by atoms with E-state index in [-0.39, 0.29) is 19.1 Å². The lowest BCUT2D eigenvalue weighted by Gasteiger charge is -2.25. The summed E-state index contributed by atoms with van der Waals surface area (Å²) in [5.74, 6) is -0.180. The molecule has 0 saturated carbocycles. The molecule has 394 valence electrons. The Kier molecular flexibility index (Phi) is 48.3. The maximum atomic E-state index is 12.8. The van der Waals surface area contributed by atoms with E-state index >= 15 is 0 Å². The standard InChI is InChI=1S/C58H111N2O6P/c1-6-8-10-12-14-15-16-17-18-19-20-21-22-23-24-25-26-27-28-29-30-31-32-33-34-35-36-37-38-39-40-41-42-43-44-45-46-48-50-52-58(62)59-56(57(61)51-49-47-13-11-9-7-2)55-66-67(63,64)65-54-53-60(3,4)5/h16-17,19-20,22-23,49,51,56-57,61H,6-15,18,21,24-48,50,52-55H2,1-5H3,(H-,59,62,63,64)/p+1/b17-16-,20-19-,23-22-,51-49+. The predicted molar refractivity (Wildman–Crippen MR) is 291 cm³/mol. The van der Waals surface area contributed by atoms with Crippen molar-refractivity contribution in [3.8, 4) is 0 Å². The van der Waals surface area contributed by atoms with Crippen LogP contribution in [0.25, 0.3) is 0 Å². The number of rotatable bonds is 52. The van der Waals surface area contributed by atoms with Crippen LogP contribution < -0.4 is 5.32 Å². The highest BCUT2D eigenvalue weighted by atomic mass is 31.2. The summed E-state index contributed by atoms with van der Waals surface area (Å²) in [6, 6.07) is -0.841. The van der Waals surface area contributed by atoms with Crippen molar-refractivity contribution in [1.29, 1.82) is 0 Å². The minimum Gasteiger partial charge on any atom is -0.387 e. The Morgan fingerprint density at radius 2 is 0.851 bits per heavy atom. The van der Waals surface area contributed by atoms with E-state index in [1.54, 1.807) is 6.08 Å². The Bertz CT molecular complexity index is 1230. The zero-order chi connectivity index (χ0) is 49.2. The third kappa shape index (κ3) is 52.1. The van der Waals surface area contributed by atoms with Crippen molar-refractivity contribution >= 4 is 13.7 Å². The minimum absolute atomic E-state index is 0.0617. The number of amides is 1. The molecule has 0 bridgehead atoms. The Morgan fingerprint density at radius 3 is 1.25 bits per heavy atom. The fourth-order valence-electron chi connectivity index (χ4n) is 8.29. The van der Waals surface area contributed by atoms with Gasteiger partial charge in [-0.05, 0) is 57.8 Å². The molecule has 0 fully saturated rings. The number of phosphoric acid groups is 1. The summed E-state index contributed by atoms with van der Waals surface area (Å²) in [7, 11) is 1.57. The first-order chi connectivity index (χ1) is 32.5. The Hall–Kier alpha value is -1.54. The third-order valence-corrected chi connectivity index (χ3v) is 13.8. The van der Waals surface area contributed by atoms with Crippen LogP contribution in [0.5, 0.6) is 0 Å². The average molecular weight is 965 g/mol. The number of carbonyl (C=O) groups excluding carboxylic acids is 1. The number of phosphoric ester groups is 1. The van der Waals surface area contributed by atoms with Gasteiger partial charge in [-0.25, -0.2) is 4.57 Å². The van der Waals surface area contributed by atoms with Crippen molar-refractivity contribution in [3.63, 3.8) is 0 Å². The molecule has 0 spiro atoms. The quantitative estimate of drug-likeness (QED) is 0.0243. The summed E-state index contributed by atoms with van der Waals surface area (Å²) in [5, 5.41) is 13.7. The number of carbonyl (C=O) groups is 1. The van der Waals surface area contributed by atoms with E-state index in [1.165, 1.54) is 186 Å². The maximum absolute atomic E-state index is 12.8. The molecule has 1 amide bonds. The highest BCUT2D eigenvalue weighted by molar-refractivity contribution is 7.47. The van der Waals surface area contributed by atoms with Gasteiger partial charge in [-0.15, -0.1) is 0 Å². The van der Waals surface area contributed by atoms with E-state index in [4.69, 9.17) is 9.05 Å². The lowest BCUT2D eigenvalue weighted by atomic mass is 10.0. The molecular weight excluding hydrogens is 852 g/mol. The van der Waals surface area contributed by atoms with E-state index in [0.717, 1.165) is 57.8 Å². The van der Waals surface area contributed by atoms with E-state index in [0.29, 0.717) is 17.4 Å². The number of unbranched alkanes of at least 4 members (excludes halogenated alkanes) is 33. The van der Waals surface area contributed by atoms with E-state index in [2.05, 4.69) is 55.6 Å². The summed E-state index contributed by atoms with van der Waals surface area (Å²) in [6.45, 7) is 4.73. The van der Waals surface area contributed by atoms with Crippen LogP contribution in [0.3, 0.4) is 0 Å². The number of nitrogens with one attached hydrogen (secondary N) is 1. The molecule has 0 aliphatic heterocycles. The topological polar surface area (TPSA) is 105 Å². The van der Waals surface area contributed by atoms with Gasteiger partial charge in [0, 0.05) is 6.42 Å². The number of allylic oxidation sites excluding steroid dienone is 7. The molecule has 0 aromatic heterocycles. The van der Waals surface area contributed by atoms with Gasteiger partial charge in [0.2, 0.25) is 5.91 Å². The van der Waals surface area contributed by atoms with Crippen LogP contribution in [-0.4, -0.2) is 73.4 Å². The zero-order valence-corrected chi connectivity index (χ0v) is 45.8. The number of hydrogen-bond acceptors (Lipinski definition) is 5. The third-order valence-electron chi connectivity index (χ3n) is 12.8. The van der Waals surface area contributed by atoms with Crippen molar-refractivity contribution in [1.82, 2.24) is 5.32 Å². The lowest BCUT2D eigenvalue weighted by Crippen LogP contribution is -2.45. The van der Waals surface area contributed by atoms with Gasteiger partial charge >= 0.3 is 7.82 Å². The number of aliphatic hydroxyl groups is 1. The smallest absolute Gasteiger partial charge is 0.387 e. The average Bonchev–Trinajstić information content (AvgIpc) is 3.29. The fourth-order valence-corrected chi connectivity index (χ4v) is 9.02. The SMILES string of the molecule is CCCCCC/C=C/C(O)C(COP(=O)(O)OCC[N+](C)(C)C)NC(=O)CCCCCCCCCCCCCCCCCCCCCCCCCC/C=C\C/C=C\C/C=C\CCCCCCC. The molecular formula is C58H112N2O6P+. The van der Waals surface area contributed by atoms with Gasteiger partial charge in [0.05, 0.1) is 39.9 Å². The largest absolute Gasteiger partial charge is 0.472 e. The molecule has 0 aliphatic rings. The van der Waals surface area contributed by atoms with E-state index < -0.39 is 20.0 Å². The number of likely N-dealkylation sites (N-methyl/N-ethyl adjacent to an activating group) is 1. The summed E-state index contributed by atoms with van der Waals surface area (Å²) >= 11 is 0. The first-order valence-electron chi connectivity index (χ1n) is 28.5. The molecule has 9 heteroatoms. The molecule has 8 nitrogen and oxygen atoms in total. The second-order valence-corrected chi connectivity index (χ2v) is 22.1. The molecule has 0 heterocycles. The van der Waals surface area contributed by atoms with Crippen molar-refractivity contribution in [2.24, 2.45) is 0 Å². The Labute approximate surface area is 416 Å². The number of quaternary nitrogens is 1. The van der Waals surface area contributed by atoms with Gasteiger partial charge in [-0.2, -0.15) is 0 Å². The highest BCUT2D eigenvalue weighted by Gasteiger charge is 2.27. The molecule has 0 rings (SSSR count). The van der Waals surface area contributed by atoms with Crippen molar-refractivity contribution < 1.29 is 32.9 Å². The molecule has 3 atom stereocenters. The molecule has 3 unspecified atom stereocenters. The van der Waals surface area contributed by atoms with Gasteiger partial charge in [0.25, 0.3) is 0 Å². The van der Waals surface area contributed by atoms with Crippen molar-refractivity contribution in [2.45, 2.75) is 276 Å². The van der Waals surface area contributed by atoms with Crippen LogP contribution in [0.4, 0.5) is 0 Å². The first kappa shape index (κ1) is 65.5. The number of hydrogen-bond donors (Lipinski definition) is 3. The van der Waals surface area contributed by atoms with Crippen LogP contribution in [-0.2, 0) is 18.4 Å². The number of nitrogens with zero attached hydrogens (tertiary/aromatic N) is 1. The van der Waals surface area contributed by atoms with Gasteiger partial charge in [0.15, 0.2) is 0 Å². The second kappa shape index (κ2) is 49.4. The highest BCUT2D eigenvalue weighted by Crippen LogP contribution is 2.43. The Morgan fingerprint density at radius 1 is 0.507 bits per heavy atom. The summed E-state index contributed by atoms with van der Waals surface area (Å²) in [6.07, 6.45) is 65.7. The molecule has 0 saturated heterocycles. The molecule has 67 heavy (non-hydrogen) atoms. The molecule has 0 aliphatic carbocycles. The first-order valence-corrected chi connectivity index (χ1v) is 30.0. The molecule has 0 radical (unpaired) electrons. The summed E-state index contributed by atoms with van der Waals surface area (Å²) in [4.78, 5) is 23.0. The van der Waals surface area contributed by atoms with Gasteiger partial charge in [-0.3, -0.25) is 13.8 Å². The lowest BCUT2D eigenvalue weighted by molar-refractivity contribution is -0.870. The molecule has 0 aromatic carbocycles. The summed E-state index contributed by atoms with van der Waals surface area (Å²) < 4.78 is 23.5.